The van der Waals surface area contributed by atoms with Gasteiger partial charge < -0.3 is 10.8 Å². The molecule has 0 fully saturated rings. The molecule has 1 aliphatic carbocycles. The van der Waals surface area contributed by atoms with Crippen molar-refractivity contribution in [2.24, 2.45) is 11.7 Å². The fourth-order valence-corrected chi connectivity index (χ4v) is 1.56. The van der Waals surface area contributed by atoms with Crippen LogP contribution in [0.1, 0.15) is 20.3 Å². The fourth-order valence-electron chi connectivity index (χ4n) is 1.56. The van der Waals surface area contributed by atoms with E-state index in [0.717, 1.165) is 0 Å². The van der Waals surface area contributed by atoms with Crippen LogP contribution in [0.5, 0.6) is 0 Å². The second kappa shape index (κ2) is 3.42. The van der Waals surface area contributed by atoms with Crippen LogP contribution in [0.15, 0.2) is 24.3 Å². The van der Waals surface area contributed by atoms with Crippen LogP contribution in [-0.4, -0.2) is 16.7 Å². The molecule has 2 heteroatoms. The monoisotopic (exact) mass is 167 g/mol. The molecule has 3 N–H and O–H groups in total. The highest BCUT2D eigenvalue weighted by Crippen LogP contribution is 2.26. The second-order valence-corrected chi connectivity index (χ2v) is 3.70. The Bertz CT molecular complexity index is 208. The molecule has 1 aliphatic rings. The third-order valence-corrected chi connectivity index (χ3v) is 2.41. The maximum absolute atomic E-state index is 9.25. The molecule has 2 nitrogen and oxygen atoms in total. The van der Waals surface area contributed by atoms with E-state index in [1.807, 2.05) is 18.2 Å². The zero-order valence-electron chi connectivity index (χ0n) is 7.70. The third-order valence-electron chi connectivity index (χ3n) is 2.41. The Morgan fingerprint density at radius 1 is 1.58 bits per heavy atom. The number of rotatable bonds is 2. The lowest BCUT2D eigenvalue weighted by molar-refractivity contribution is 0.150. The van der Waals surface area contributed by atoms with E-state index in [0.29, 0.717) is 12.3 Å². The number of aliphatic hydroxyl groups is 1. The summed E-state index contributed by atoms with van der Waals surface area (Å²) >= 11 is 0. The molecule has 0 saturated heterocycles. The van der Waals surface area contributed by atoms with Gasteiger partial charge in [0.1, 0.15) is 0 Å². The minimum atomic E-state index is -0.358. The van der Waals surface area contributed by atoms with Gasteiger partial charge in [0.25, 0.3) is 0 Å². The molecule has 0 radical (unpaired) electrons. The van der Waals surface area contributed by atoms with Crippen LogP contribution in [-0.2, 0) is 0 Å². The fraction of sp³-hybridized carbons (Fsp3) is 0.600. The Labute approximate surface area is 73.8 Å². The van der Waals surface area contributed by atoms with Crippen LogP contribution in [0.25, 0.3) is 0 Å². The highest BCUT2D eigenvalue weighted by molar-refractivity contribution is 5.23. The van der Waals surface area contributed by atoms with Gasteiger partial charge in [0.05, 0.1) is 6.10 Å². The Morgan fingerprint density at radius 3 is 2.75 bits per heavy atom. The number of aliphatic hydroxyl groups excluding tert-OH is 1. The van der Waals surface area contributed by atoms with E-state index in [2.05, 4.69) is 13.0 Å². The van der Waals surface area contributed by atoms with Crippen LogP contribution in [0, 0.1) is 5.92 Å². The van der Waals surface area contributed by atoms with Gasteiger partial charge in [-0.3, -0.25) is 0 Å². The van der Waals surface area contributed by atoms with Gasteiger partial charge in [-0.2, -0.15) is 0 Å². The quantitative estimate of drug-likeness (QED) is 0.649. The van der Waals surface area contributed by atoms with E-state index < -0.39 is 0 Å². The molecule has 0 saturated carbocycles. The SMILES string of the molecule is CC(O)CC1(N)C=CC=CC1C. The normalized spacial score (nSPS) is 36.8. The molecule has 0 aliphatic heterocycles. The number of hydrogen-bond donors (Lipinski definition) is 2. The van der Waals surface area contributed by atoms with Crippen molar-refractivity contribution in [1.29, 1.82) is 0 Å². The second-order valence-electron chi connectivity index (χ2n) is 3.70. The molecule has 12 heavy (non-hydrogen) atoms. The Morgan fingerprint density at radius 2 is 2.25 bits per heavy atom. The minimum Gasteiger partial charge on any atom is -0.393 e. The molecule has 3 unspecified atom stereocenters. The Balaban J connectivity index is 2.69. The van der Waals surface area contributed by atoms with Gasteiger partial charge in [0.2, 0.25) is 0 Å². The Kier molecular flexibility index (Phi) is 2.70. The predicted octanol–water partition coefficient (Wildman–Crippen LogP) is 1.22. The van der Waals surface area contributed by atoms with Gasteiger partial charge in [-0.15, -0.1) is 0 Å². The van der Waals surface area contributed by atoms with Crippen molar-refractivity contribution in [1.82, 2.24) is 0 Å². The molecule has 0 heterocycles. The Hall–Kier alpha value is -0.600. The van der Waals surface area contributed by atoms with Crippen LogP contribution in [0.2, 0.25) is 0 Å². The van der Waals surface area contributed by atoms with Gasteiger partial charge in [-0.1, -0.05) is 31.2 Å². The first-order chi connectivity index (χ1) is 5.54. The zero-order valence-corrected chi connectivity index (χ0v) is 7.70. The molecular weight excluding hydrogens is 150 g/mol. The molecule has 0 aromatic heterocycles. The molecule has 0 aromatic carbocycles. The summed E-state index contributed by atoms with van der Waals surface area (Å²) in [6, 6.07) is 0. The van der Waals surface area contributed by atoms with Crippen molar-refractivity contribution in [3.8, 4) is 0 Å². The lowest BCUT2D eigenvalue weighted by atomic mass is 9.79. The average molecular weight is 167 g/mol. The van der Waals surface area contributed by atoms with Crippen molar-refractivity contribution in [2.75, 3.05) is 0 Å². The van der Waals surface area contributed by atoms with Gasteiger partial charge >= 0.3 is 0 Å². The first-order valence-electron chi connectivity index (χ1n) is 4.37. The van der Waals surface area contributed by atoms with Gasteiger partial charge in [0, 0.05) is 5.54 Å². The van der Waals surface area contributed by atoms with Crippen molar-refractivity contribution in [3.05, 3.63) is 24.3 Å². The number of nitrogens with two attached hydrogens (primary N) is 1. The average Bonchev–Trinajstić information content (AvgIpc) is 1.94. The van der Waals surface area contributed by atoms with E-state index >= 15 is 0 Å². The molecule has 0 spiro atoms. The van der Waals surface area contributed by atoms with Crippen molar-refractivity contribution < 1.29 is 5.11 Å². The van der Waals surface area contributed by atoms with E-state index in [9.17, 15) is 5.11 Å². The van der Waals surface area contributed by atoms with Gasteiger partial charge in [-0.05, 0) is 19.3 Å². The summed E-state index contributed by atoms with van der Waals surface area (Å²) in [7, 11) is 0. The maximum atomic E-state index is 9.25. The molecule has 68 valence electrons. The molecule has 0 amide bonds. The van der Waals surface area contributed by atoms with Crippen molar-refractivity contribution in [3.63, 3.8) is 0 Å². The van der Waals surface area contributed by atoms with Crippen molar-refractivity contribution >= 4 is 0 Å². The van der Waals surface area contributed by atoms with Gasteiger partial charge in [-0.25, -0.2) is 0 Å². The molecule has 1 rings (SSSR count). The van der Waals surface area contributed by atoms with E-state index in [-0.39, 0.29) is 11.6 Å². The predicted molar refractivity (Wildman–Crippen MR) is 50.7 cm³/mol. The largest absolute Gasteiger partial charge is 0.393 e. The summed E-state index contributed by atoms with van der Waals surface area (Å²) in [5, 5.41) is 9.25. The lowest BCUT2D eigenvalue weighted by Crippen LogP contribution is -2.46. The highest BCUT2D eigenvalue weighted by Gasteiger charge is 2.29. The lowest BCUT2D eigenvalue weighted by Gasteiger charge is -2.33. The summed E-state index contributed by atoms with van der Waals surface area (Å²) in [5.74, 6) is 0.303. The maximum Gasteiger partial charge on any atom is 0.0532 e. The molecule has 0 aromatic rings. The number of allylic oxidation sites excluding steroid dienone is 2. The standard InChI is InChI=1S/C10H17NO/c1-8-5-3-4-6-10(8,11)7-9(2)12/h3-6,8-9,12H,7,11H2,1-2H3. The van der Waals surface area contributed by atoms with Crippen LogP contribution in [0.4, 0.5) is 0 Å². The van der Waals surface area contributed by atoms with Crippen LogP contribution >= 0.6 is 0 Å². The van der Waals surface area contributed by atoms with E-state index in [1.54, 1.807) is 6.92 Å². The molecule has 0 bridgehead atoms. The third kappa shape index (κ3) is 1.96. The van der Waals surface area contributed by atoms with E-state index in [1.165, 1.54) is 0 Å². The first kappa shape index (κ1) is 9.49. The number of hydrogen-bond acceptors (Lipinski definition) is 2. The highest BCUT2D eigenvalue weighted by atomic mass is 16.3. The summed E-state index contributed by atoms with van der Waals surface area (Å²) in [6.07, 6.45) is 8.27. The zero-order chi connectivity index (χ0) is 9.19. The van der Waals surface area contributed by atoms with Crippen LogP contribution in [0.3, 0.4) is 0 Å². The van der Waals surface area contributed by atoms with Gasteiger partial charge in [0.15, 0.2) is 0 Å². The van der Waals surface area contributed by atoms with E-state index in [4.69, 9.17) is 5.73 Å². The molecular formula is C10H17NO. The summed E-state index contributed by atoms with van der Waals surface area (Å²) < 4.78 is 0. The summed E-state index contributed by atoms with van der Waals surface area (Å²) in [4.78, 5) is 0. The first-order valence-corrected chi connectivity index (χ1v) is 4.37. The smallest absolute Gasteiger partial charge is 0.0532 e. The minimum absolute atomic E-state index is 0.303. The van der Waals surface area contributed by atoms with Crippen molar-refractivity contribution in [2.45, 2.75) is 31.9 Å². The summed E-state index contributed by atoms with van der Waals surface area (Å²) in [6.45, 7) is 3.84. The molecule has 3 atom stereocenters. The topological polar surface area (TPSA) is 46.2 Å². The summed E-state index contributed by atoms with van der Waals surface area (Å²) in [5.41, 5.74) is 5.75. The van der Waals surface area contributed by atoms with Crippen LogP contribution < -0.4 is 5.73 Å².